The molecular weight excluding hydrogens is 198 g/mol. The summed E-state index contributed by atoms with van der Waals surface area (Å²) in [7, 11) is 0. The van der Waals surface area contributed by atoms with Gasteiger partial charge in [0.05, 0.1) is 10.3 Å². The SMILES string of the molecule is O=[N+]([O-])c1cc(S)cc2ccccc12. The van der Waals surface area contributed by atoms with Crippen molar-refractivity contribution in [1.82, 2.24) is 0 Å². The molecule has 0 unspecified atom stereocenters. The van der Waals surface area contributed by atoms with E-state index in [1.807, 2.05) is 18.2 Å². The Kier molecular flexibility index (Phi) is 2.13. The van der Waals surface area contributed by atoms with E-state index in [0.29, 0.717) is 10.3 Å². The average Bonchev–Trinajstić information content (AvgIpc) is 2.16. The Labute approximate surface area is 85.9 Å². The highest BCUT2D eigenvalue weighted by atomic mass is 32.1. The first-order valence-electron chi connectivity index (χ1n) is 4.04. The number of benzene rings is 2. The molecule has 0 amide bonds. The van der Waals surface area contributed by atoms with Gasteiger partial charge < -0.3 is 0 Å². The second kappa shape index (κ2) is 3.31. The maximum Gasteiger partial charge on any atom is 0.278 e. The lowest BCUT2D eigenvalue weighted by Crippen LogP contribution is -1.89. The van der Waals surface area contributed by atoms with Crippen LogP contribution < -0.4 is 0 Å². The molecule has 0 saturated heterocycles. The van der Waals surface area contributed by atoms with Crippen molar-refractivity contribution in [2.45, 2.75) is 4.90 Å². The van der Waals surface area contributed by atoms with Crippen molar-refractivity contribution in [2.75, 3.05) is 0 Å². The Balaban J connectivity index is 2.87. The van der Waals surface area contributed by atoms with Crippen molar-refractivity contribution in [1.29, 1.82) is 0 Å². The second-order valence-electron chi connectivity index (χ2n) is 2.94. The number of fused-ring (bicyclic) bond motifs is 1. The summed E-state index contributed by atoms with van der Waals surface area (Å²) in [5.74, 6) is 0. The molecule has 14 heavy (non-hydrogen) atoms. The minimum absolute atomic E-state index is 0.105. The summed E-state index contributed by atoms with van der Waals surface area (Å²) in [5.41, 5.74) is 0.105. The molecule has 0 heterocycles. The molecule has 2 aromatic rings. The van der Waals surface area contributed by atoms with Crippen LogP contribution in [0, 0.1) is 10.1 Å². The van der Waals surface area contributed by atoms with Crippen LogP contribution in [0.25, 0.3) is 10.8 Å². The third kappa shape index (κ3) is 1.44. The largest absolute Gasteiger partial charge is 0.278 e. The number of non-ortho nitro benzene ring substituents is 1. The fourth-order valence-electron chi connectivity index (χ4n) is 1.43. The number of rotatable bonds is 1. The van der Waals surface area contributed by atoms with Gasteiger partial charge in [0.1, 0.15) is 0 Å². The standard InChI is InChI=1S/C10H7NO2S/c12-11(13)10-6-8(14)5-7-3-1-2-4-9(7)10/h1-6,14H. The molecule has 0 spiro atoms. The van der Waals surface area contributed by atoms with E-state index in [1.54, 1.807) is 12.1 Å². The molecule has 0 aliphatic carbocycles. The summed E-state index contributed by atoms with van der Waals surface area (Å²) < 4.78 is 0. The maximum atomic E-state index is 10.7. The molecule has 0 atom stereocenters. The lowest BCUT2D eigenvalue weighted by atomic mass is 10.1. The van der Waals surface area contributed by atoms with Crippen LogP contribution in [0.1, 0.15) is 0 Å². The van der Waals surface area contributed by atoms with E-state index >= 15 is 0 Å². The first kappa shape index (κ1) is 9.02. The van der Waals surface area contributed by atoms with Gasteiger partial charge in [0, 0.05) is 11.0 Å². The Bertz CT molecular complexity index is 510. The fraction of sp³-hybridized carbons (Fsp3) is 0. The molecule has 0 saturated carbocycles. The third-order valence-corrected chi connectivity index (χ3v) is 2.28. The maximum absolute atomic E-state index is 10.7. The normalized spacial score (nSPS) is 10.4. The van der Waals surface area contributed by atoms with Gasteiger partial charge in [-0.25, -0.2) is 0 Å². The number of nitrogens with zero attached hydrogens (tertiary/aromatic N) is 1. The highest BCUT2D eigenvalue weighted by Crippen LogP contribution is 2.28. The molecule has 0 aliphatic heterocycles. The highest BCUT2D eigenvalue weighted by molar-refractivity contribution is 7.80. The van der Waals surface area contributed by atoms with Crippen molar-refractivity contribution in [3.8, 4) is 0 Å². The first-order chi connectivity index (χ1) is 6.68. The monoisotopic (exact) mass is 205 g/mol. The molecule has 0 aliphatic rings. The molecule has 0 radical (unpaired) electrons. The van der Waals surface area contributed by atoms with E-state index < -0.39 is 0 Å². The Morgan fingerprint density at radius 2 is 1.93 bits per heavy atom. The molecule has 0 fully saturated rings. The van der Waals surface area contributed by atoms with Gasteiger partial charge in [-0.15, -0.1) is 12.6 Å². The van der Waals surface area contributed by atoms with Crippen LogP contribution in [0.3, 0.4) is 0 Å². The van der Waals surface area contributed by atoms with E-state index in [0.717, 1.165) is 5.39 Å². The Morgan fingerprint density at radius 1 is 1.21 bits per heavy atom. The topological polar surface area (TPSA) is 43.1 Å². The van der Waals surface area contributed by atoms with Crippen LogP contribution in [0.2, 0.25) is 0 Å². The van der Waals surface area contributed by atoms with E-state index in [4.69, 9.17) is 0 Å². The van der Waals surface area contributed by atoms with Gasteiger partial charge in [-0.2, -0.15) is 0 Å². The summed E-state index contributed by atoms with van der Waals surface area (Å²) in [6.07, 6.45) is 0. The van der Waals surface area contributed by atoms with Crippen molar-refractivity contribution < 1.29 is 4.92 Å². The molecule has 0 bridgehead atoms. The molecule has 2 aromatic carbocycles. The molecule has 2 rings (SSSR count). The number of nitro benzene ring substituents is 1. The van der Waals surface area contributed by atoms with Crippen molar-refractivity contribution in [3.63, 3.8) is 0 Å². The zero-order valence-electron chi connectivity index (χ0n) is 7.18. The number of hydrogen-bond donors (Lipinski definition) is 1. The van der Waals surface area contributed by atoms with Crippen molar-refractivity contribution >= 4 is 29.1 Å². The molecule has 4 heteroatoms. The van der Waals surface area contributed by atoms with E-state index in [-0.39, 0.29) is 10.6 Å². The fourth-order valence-corrected chi connectivity index (χ4v) is 1.69. The highest BCUT2D eigenvalue weighted by Gasteiger charge is 2.11. The van der Waals surface area contributed by atoms with E-state index in [9.17, 15) is 10.1 Å². The van der Waals surface area contributed by atoms with Crippen LogP contribution >= 0.6 is 12.6 Å². The predicted octanol–water partition coefficient (Wildman–Crippen LogP) is 3.04. The molecule has 0 N–H and O–H groups in total. The molecular formula is C10H7NO2S. The lowest BCUT2D eigenvalue weighted by molar-refractivity contribution is -0.383. The summed E-state index contributed by atoms with van der Waals surface area (Å²) in [5, 5.41) is 12.2. The molecule has 0 aromatic heterocycles. The van der Waals surface area contributed by atoms with Crippen LogP contribution in [-0.4, -0.2) is 4.92 Å². The quantitative estimate of drug-likeness (QED) is 0.441. The number of hydrogen-bond acceptors (Lipinski definition) is 3. The molecule has 70 valence electrons. The van der Waals surface area contributed by atoms with E-state index in [1.165, 1.54) is 6.07 Å². The van der Waals surface area contributed by atoms with E-state index in [2.05, 4.69) is 12.6 Å². The van der Waals surface area contributed by atoms with Crippen LogP contribution in [0.5, 0.6) is 0 Å². The first-order valence-corrected chi connectivity index (χ1v) is 4.49. The number of thiol groups is 1. The summed E-state index contributed by atoms with van der Waals surface area (Å²) in [6, 6.07) is 10.5. The van der Waals surface area contributed by atoms with Gasteiger partial charge >= 0.3 is 0 Å². The van der Waals surface area contributed by atoms with Gasteiger partial charge in [0.25, 0.3) is 5.69 Å². The Morgan fingerprint density at radius 3 is 2.64 bits per heavy atom. The summed E-state index contributed by atoms with van der Waals surface area (Å²) >= 11 is 4.12. The third-order valence-electron chi connectivity index (χ3n) is 2.02. The summed E-state index contributed by atoms with van der Waals surface area (Å²) in [6.45, 7) is 0. The van der Waals surface area contributed by atoms with Gasteiger partial charge in [-0.1, -0.05) is 18.2 Å². The Hall–Kier alpha value is -1.55. The van der Waals surface area contributed by atoms with Gasteiger partial charge in [0.2, 0.25) is 0 Å². The minimum Gasteiger partial charge on any atom is -0.258 e. The van der Waals surface area contributed by atoms with Crippen molar-refractivity contribution in [2.24, 2.45) is 0 Å². The van der Waals surface area contributed by atoms with Crippen LogP contribution in [0.4, 0.5) is 5.69 Å². The predicted molar refractivity (Wildman–Crippen MR) is 57.9 cm³/mol. The van der Waals surface area contributed by atoms with Crippen LogP contribution in [-0.2, 0) is 0 Å². The minimum atomic E-state index is -0.387. The zero-order chi connectivity index (χ0) is 10.1. The van der Waals surface area contributed by atoms with Gasteiger partial charge in [-0.05, 0) is 17.5 Å². The van der Waals surface area contributed by atoms with Crippen molar-refractivity contribution in [3.05, 3.63) is 46.5 Å². The summed E-state index contributed by atoms with van der Waals surface area (Å²) in [4.78, 5) is 11.0. The molecule has 3 nitrogen and oxygen atoms in total. The van der Waals surface area contributed by atoms with Gasteiger partial charge in [-0.3, -0.25) is 10.1 Å². The smallest absolute Gasteiger partial charge is 0.258 e. The number of nitro groups is 1. The van der Waals surface area contributed by atoms with Gasteiger partial charge in [0.15, 0.2) is 0 Å². The average molecular weight is 205 g/mol. The second-order valence-corrected chi connectivity index (χ2v) is 3.46. The van der Waals surface area contributed by atoms with Crippen LogP contribution in [0.15, 0.2) is 41.3 Å². The lowest BCUT2D eigenvalue weighted by Gasteiger charge is -2.00. The zero-order valence-corrected chi connectivity index (χ0v) is 8.07.